The smallest absolute Gasteiger partial charge is 0.303 e. The molecule has 0 fully saturated rings. The number of anilines is 1. The minimum absolute atomic E-state index is 0.142. The lowest BCUT2D eigenvalue weighted by atomic mass is 10.1. The summed E-state index contributed by atoms with van der Waals surface area (Å²) in [6, 6.07) is 21.9. The van der Waals surface area contributed by atoms with Crippen LogP contribution in [0.5, 0.6) is 0 Å². The molecule has 0 aliphatic carbocycles. The number of terminal acetylenes is 1. The Morgan fingerprint density at radius 2 is 1.84 bits per heavy atom. The molecule has 8 nitrogen and oxygen atoms in total. The normalized spacial score (nSPS) is 11.4. The zero-order chi connectivity index (χ0) is 27.1. The minimum Gasteiger partial charge on any atom is -0.456 e. The summed E-state index contributed by atoms with van der Waals surface area (Å²) in [4.78, 5) is 45.8. The topological polar surface area (TPSA) is 104 Å². The van der Waals surface area contributed by atoms with Crippen molar-refractivity contribution in [3.63, 3.8) is 0 Å². The summed E-state index contributed by atoms with van der Waals surface area (Å²) in [7, 11) is 0. The third-order valence-electron chi connectivity index (χ3n) is 5.97. The number of ether oxygens (including phenoxy) is 1. The molecule has 3 aromatic carbocycles. The SMILES string of the molecule is C#CCN(Cc1ccc2nc(C)[nH]c(=O)c2c1)c1ccc(C(=O)NCC(OC(C)=O)c2ccccc2)cc1. The third-order valence-corrected chi connectivity index (χ3v) is 5.97. The number of aromatic amines is 1. The Morgan fingerprint density at radius 1 is 1.11 bits per heavy atom. The van der Waals surface area contributed by atoms with Crippen LogP contribution in [0.15, 0.2) is 77.6 Å². The predicted octanol–water partition coefficient (Wildman–Crippen LogP) is 3.91. The number of hydrogen-bond donors (Lipinski definition) is 2. The highest BCUT2D eigenvalue weighted by atomic mass is 16.5. The van der Waals surface area contributed by atoms with Gasteiger partial charge in [-0.15, -0.1) is 6.42 Å². The second kappa shape index (κ2) is 11.9. The molecule has 1 amide bonds. The van der Waals surface area contributed by atoms with Crippen LogP contribution in [0.4, 0.5) is 5.69 Å². The number of nitrogens with zero attached hydrogens (tertiary/aromatic N) is 2. The maximum atomic E-state index is 12.8. The van der Waals surface area contributed by atoms with Crippen LogP contribution >= 0.6 is 0 Å². The van der Waals surface area contributed by atoms with Gasteiger partial charge in [-0.05, 0) is 54.4 Å². The molecule has 1 aromatic heterocycles. The Morgan fingerprint density at radius 3 is 2.53 bits per heavy atom. The maximum absolute atomic E-state index is 12.8. The first-order valence-electron chi connectivity index (χ1n) is 12.1. The number of aryl methyl sites for hydroxylation is 1. The van der Waals surface area contributed by atoms with Crippen molar-refractivity contribution in [1.82, 2.24) is 15.3 Å². The van der Waals surface area contributed by atoms with E-state index in [-0.39, 0.29) is 18.0 Å². The highest BCUT2D eigenvalue weighted by Gasteiger charge is 2.17. The van der Waals surface area contributed by atoms with E-state index in [4.69, 9.17) is 11.2 Å². The molecule has 4 aromatic rings. The number of carbonyl (C=O) groups is 2. The summed E-state index contributed by atoms with van der Waals surface area (Å²) >= 11 is 0. The van der Waals surface area contributed by atoms with Gasteiger partial charge in [-0.2, -0.15) is 0 Å². The second-order valence-electron chi connectivity index (χ2n) is 8.83. The number of H-pyrrole nitrogens is 1. The third kappa shape index (κ3) is 6.45. The molecule has 2 N–H and O–H groups in total. The summed E-state index contributed by atoms with van der Waals surface area (Å²) in [5, 5.41) is 3.36. The number of aromatic nitrogens is 2. The first-order valence-corrected chi connectivity index (χ1v) is 12.1. The van der Waals surface area contributed by atoms with Gasteiger partial charge in [0.05, 0.1) is 24.0 Å². The van der Waals surface area contributed by atoms with Gasteiger partial charge in [0, 0.05) is 24.7 Å². The molecule has 0 spiro atoms. The first kappa shape index (κ1) is 26.2. The molecule has 0 bridgehead atoms. The monoisotopic (exact) mass is 508 g/mol. The number of hydrogen-bond acceptors (Lipinski definition) is 6. The van der Waals surface area contributed by atoms with Gasteiger partial charge in [-0.25, -0.2) is 4.98 Å². The molecular weight excluding hydrogens is 480 g/mol. The van der Waals surface area contributed by atoms with E-state index in [1.165, 1.54) is 6.92 Å². The Balaban J connectivity index is 1.46. The molecule has 1 unspecified atom stereocenters. The van der Waals surface area contributed by atoms with E-state index in [9.17, 15) is 14.4 Å². The zero-order valence-corrected chi connectivity index (χ0v) is 21.2. The number of rotatable bonds is 9. The molecule has 0 saturated carbocycles. The van der Waals surface area contributed by atoms with Crippen LogP contribution < -0.4 is 15.8 Å². The lowest BCUT2D eigenvalue weighted by molar-refractivity contribution is -0.146. The Hall–Kier alpha value is -4.90. The summed E-state index contributed by atoms with van der Waals surface area (Å²) in [5.41, 5.74) is 3.45. The molecule has 0 saturated heterocycles. The van der Waals surface area contributed by atoms with E-state index >= 15 is 0 Å². The van der Waals surface area contributed by atoms with Crippen molar-refractivity contribution in [3.8, 4) is 12.3 Å². The van der Waals surface area contributed by atoms with Crippen molar-refractivity contribution in [3.05, 3.63) is 106 Å². The van der Waals surface area contributed by atoms with E-state index in [1.54, 1.807) is 19.1 Å². The molecule has 8 heteroatoms. The maximum Gasteiger partial charge on any atom is 0.303 e. The van der Waals surface area contributed by atoms with E-state index < -0.39 is 12.1 Å². The second-order valence-corrected chi connectivity index (χ2v) is 8.83. The predicted molar refractivity (Wildman–Crippen MR) is 147 cm³/mol. The van der Waals surface area contributed by atoms with Gasteiger partial charge in [0.2, 0.25) is 0 Å². The summed E-state index contributed by atoms with van der Waals surface area (Å²) in [5.74, 6) is 2.52. The molecule has 38 heavy (non-hydrogen) atoms. The molecule has 0 radical (unpaired) electrons. The highest BCUT2D eigenvalue weighted by Crippen LogP contribution is 2.21. The van der Waals surface area contributed by atoms with Gasteiger partial charge >= 0.3 is 5.97 Å². The molecule has 0 aliphatic heterocycles. The van der Waals surface area contributed by atoms with Crippen LogP contribution in [0, 0.1) is 19.3 Å². The molecular formula is C30H28N4O4. The van der Waals surface area contributed by atoms with Gasteiger partial charge in [-0.1, -0.05) is 42.3 Å². The Labute approximate surface area is 220 Å². The first-order chi connectivity index (χ1) is 18.3. The molecule has 1 atom stereocenters. The number of nitrogens with one attached hydrogen (secondary N) is 2. The van der Waals surface area contributed by atoms with Crippen LogP contribution in [0.25, 0.3) is 10.9 Å². The van der Waals surface area contributed by atoms with Crippen LogP contribution in [-0.4, -0.2) is 34.9 Å². The van der Waals surface area contributed by atoms with Crippen molar-refractivity contribution in [2.24, 2.45) is 0 Å². The van der Waals surface area contributed by atoms with Crippen molar-refractivity contribution in [1.29, 1.82) is 0 Å². The van der Waals surface area contributed by atoms with Crippen molar-refractivity contribution in [2.45, 2.75) is 26.5 Å². The fourth-order valence-corrected chi connectivity index (χ4v) is 4.18. The number of amides is 1. The number of carbonyl (C=O) groups excluding carboxylic acids is 2. The van der Waals surface area contributed by atoms with Crippen molar-refractivity contribution >= 4 is 28.5 Å². The Kier molecular flexibility index (Phi) is 8.19. The van der Waals surface area contributed by atoms with Gasteiger partial charge in [0.15, 0.2) is 0 Å². The van der Waals surface area contributed by atoms with E-state index in [0.29, 0.717) is 35.4 Å². The molecule has 4 rings (SSSR count). The highest BCUT2D eigenvalue weighted by molar-refractivity contribution is 5.94. The molecule has 192 valence electrons. The molecule has 1 heterocycles. The average molecular weight is 509 g/mol. The number of fused-ring (bicyclic) bond motifs is 1. The Bertz CT molecular complexity index is 1540. The summed E-state index contributed by atoms with van der Waals surface area (Å²) < 4.78 is 5.39. The summed E-state index contributed by atoms with van der Waals surface area (Å²) in [6.07, 6.45) is 5.04. The lowest BCUT2D eigenvalue weighted by Crippen LogP contribution is -2.30. The van der Waals surface area contributed by atoms with Gasteiger partial charge in [0.1, 0.15) is 11.9 Å². The van der Waals surface area contributed by atoms with Gasteiger partial charge in [0.25, 0.3) is 11.5 Å². The van der Waals surface area contributed by atoms with E-state index in [0.717, 1.165) is 16.8 Å². The van der Waals surface area contributed by atoms with Crippen LogP contribution in [0.1, 0.15) is 40.3 Å². The van der Waals surface area contributed by atoms with Gasteiger partial charge < -0.3 is 19.9 Å². The van der Waals surface area contributed by atoms with Crippen molar-refractivity contribution in [2.75, 3.05) is 18.0 Å². The average Bonchev–Trinajstić information content (AvgIpc) is 2.91. The van der Waals surface area contributed by atoms with E-state index in [1.807, 2.05) is 65.6 Å². The molecule has 0 aliphatic rings. The van der Waals surface area contributed by atoms with Crippen LogP contribution in [0.2, 0.25) is 0 Å². The number of esters is 1. The van der Waals surface area contributed by atoms with Crippen LogP contribution in [0.3, 0.4) is 0 Å². The van der Waals surface area contributed by atoms with Crippen molar-refractivity contribution < 1.29 is 14.3 Å². The van der Waals surface area contributed by atoms with Gasteiger partial charge in [-0.3, -0.25) is 14.4 Å². The number of benzene rings is 3. The van der Waals surface area contributed by atoms with Crippen LogP contribution in [-0.2, 0) is 16.1 Å². The largest absolute Gasteiger partial charge is 0.456 e. The fourth-order valence-electron chi connectivity index (χ4n) is 4.18. The standard InChI is InChI=1S/C30H28N4O4/c1-4-16-34(19-22-10-15-27-26(17-22)30(37)33-20(2)32-27)25-13-11-24(12-14-25)29(36)31-18-28(38-21(3)35)23-8-6-5-7-9-23/h1,5-15,17,28H,16,18-19H2,2-3H3,(H,31,36)(H,32,33,37). The minimum atomic E-state index is -0.587. The quantitative estimate of drug-likeness (QED) is 0.263. The zero-order valence-electron chi connectivity index (χ0n) is 21.2. The summed E-state index contributed by atoms with van der Waals surface area (Å²) in [6.45, 7) is 4.04. The fraction of sp³-hybridized carbons (Fsp3) is 0.200. The van der Waals surface area contributed by atoms with E-state index in [2.05, 4.69) is 21.2 Å². The lowest BCUT2D eigenvalue weighted by Gasteiger charge is -2.23.